The fourth-order valence-corrected chi connectivity index (χ4v) is 7.04. The average Bonchev–Trinajstić information content (AvgIpc) is 3.63. The van der Waals surface area contributed by atoms with Crippen molar-refractivity contribution >= 4 is 35.5 Å². The maximum Gasteiger partial charge on any atom is 0.325 e. The Labute approximate surface area is 247 Å². The largest absolute Gasteiger partial charge is 0.459 e. The lowest BCUT2D eigenvalue weighted by atomic mass is 9.79. The Hall–Kier alpha value is -3.18. The summed E-state index contributed by atoms with van der Waals surface area (Å²) in [6, 6.07) is -3.47. The molecule has 12 heteroatoms. The predicted octanol–water partition coefficient (Wildman–Crippen LogP) is 1.40. The SMILES string of the molecule is CC(C)(C)OC(=O)CNC(=O)N[C@H](C(=O)N1C[C@H]2[C@@H]([C@H]1C(=O)NC(CC1CC1)C(=O)C(N)=O)C2(C)C)C1(C)CCCC1. The van der Waals surface area contributed by atoms with E-state index >= 15 is 0 Å². The Morgan fingerprint density at radius 3 is 2.17 bits per heavy atom. The maximum absolute atomic E-state index is 14.3. The minimum atomic E-state index is -1.10. The second kappa shape index (κ2) is 11.5. The zero-order valence-electron chi connectivity index (χ0n) is 25.7. The van der Waals surface area contributed by atoms with E-state index in [1.54, 1.807) is 25.7 Å². The second-order valence-electron chi connectivity index (χ2n) is 14.6. The first-order valence-electron chi connectivity index (χ1n) is 15.2. The second-order valence-corrected chi connectivity index (χ2v) is 14.6. The predicted molar refractivity (Wildman–Crippen MR) is 152 cm³/mol. The lowest BCUT2D eigenvalue weighted by Gasteiger charge is -2.39. The van der Waals surface area contributed by atoms with Crippen LogP contribution in [0.5, 0.6) is 0 Å². The highest BCUT2D eigenvalue weighted by atomic mass is 16.6. The molecule has 1 unspecified atom stereocenters. The third kappa shape index (κ3) is 6.89. The van der Waals surface area contributed by atoms with E-state index in [1.807, 2.05) is 6.92 Å². The number of primary amides is 1. The minimum Gasteiger partial charge on any atom is -0.459 e. The van der Waals surface area contributed by atoms with Crippen LogP contribution < -0.4 is 21.7 Å². The number of ether oxygens (including phenoxy) is 1. The molecule has 42 heavy (non-hydrogen) atoms. The van der Waals surface area contributed by atoms with Gasteiger partial charge in [-0.05, 0) is 68.6 Å². The minimum absolute atomic E-state index is 0.0870. The van der Waals surface area contributed by atoms with Crippen molar-refractivity contribution < 1.29 is 33.5 Å². The van der Waals surface area contributed by atoms with Crippen LogP contribution in [0.1, 0.15) is 86.5 Å². The summed E-state index contributed by atoms with van der Waals surface area (Å²) in [5, 5.41) is 8.09. The number of hydrogen-bond donors (Lipinski definition) is 4. The highest BCUT2D eigenvalue weighted by Gasteiger charge is 2.70. The van der Waals surface area contributed by atoms with E-state index in [4.69, 9.17) is 10.5 Å². The van der Waals surface area contributed by atoms with Crippen molar-refractivity contribution in [2.75, 3.05) is 13.1 Å². The summed E-state index contributed by atoms with van der Waals surface area (Å²) in [5.41, 5.74) is 3.86. The number of carbonyl (C=O) groups is 6. The molecule has 0 aromatic rings. The zero-order valence-corrected chi connectivity index (χ0v) is 25.7. The van der Waals surface area contributed by atoms with E-state index < -0.39 is 58.7 Å². The average molecular weight is 590 g/mol. The zero-order chi connectivity index (χ0) is 31.2. The number of rotatable bonds is 11. The summed E-state index contributed by atoms with van der Waals surface area (Å²) in [7, 11) is 0. The number of nitrogens with two attached hydrogens (primary N) is 1. The fourth-order valence-electron chi connectivity index (χ4n) is 7.04. The van der Waals surface area contributed by atoms with Gasteiger partial charge in [-0.3, -0.25) is 24.0 Å². The molecule has 4 fully saturated rings. The molecule has 0 aromatic heterocycles. The van der Waals surface area contributed by atoms with Crippen LogP contribution >= 0.6 is 0 Å². The van der Waals surface area contributed by atoms with Gasteiger partial charge in [0.05, 0.1) is 6.04 Å². The van der Waals surface area contributed by atoms with E-state index in [-0.39, 0.29) is 35.6 Å². The molecule has 1 saturated heterocycles. The number of likely N-dealkylation sites (tertiary alicyclic amines) is 1. The van der Waals surface area contributed by atoms with Gasteiger partial charge in [0.2, 0.25) is 17.6 Å². The molecule has 4 rings (SSSR count). The summed E-state index contributed by atoms with van der Waals surface area (Å²) < 4.78 is 5.26. The Morgan fingerprint density at radius 1 is 1.00 bits per heavy atom. The van der Waals surface area contributed by atoms with Gasteiger partial charge in [0, 0.05) is 6.54 Å². The van der Waals surface area contributed by atoms with Crippen LogP contribution in [-0.2, 0) is 28.7 Å². The number of hydrogen-bond acceptors (Lipinski definition) is 7. The van der Waals surface area contributed by atoms with Gasteiger partial charge in [0.1, 0.15) is 24.2 Å². The van der Waals surface area contributed by atoms with E-state index in [9.17, 15) is 28.8 Å². The summed E-state index contributed by atoms with van der Waals surface area (Å²) in [6.45, 7) is 11.2. The van der Waals surface area contributed by atoms with Crippen LogP contribution in [0.2, 0.25) is 0 Å². The van der Waals surface area contributed by atoms with Crippen molar-refractivity contribution in [3.8, 4) is 0 Å². The third-order valence-electron chi connectivity index (χ3n) is 9.68. The number of urea groups is 1. The van der Waals surface area contributed by atoms with E-state index in [2.05, 4.69) is 29.8 Å². The molecular formula is C30H47N5O7. The van der Waals surface area contributed by atoms with Crippen molar-refractivity contribution in [2.24, 2.45) is 34.3 Å². The van der Waals surface area contributed by atoms with E-state index in [0.29, 0.717) is 13.0 Å². The molecule has 0 spiro atoms. The molecule has 0 aromatic carbocycles. The van der Waals surface area contributed by atoms with Crippen molar-refractivity contribution in [3.63, 3.8) is 0 Å². The third-order valence-corrected chi connectivity index (χ3v) is 9.68. The van der Waals surface area contributed by atoms with Crippen molar-refractivity contribution in [3.05, 3.63) is 0 Å². The number of esters is 1. The molecule has 5 amide bonds. The van der Waals surface area contributed by atoms with Gasteiger partial charge in [-0.1, -0.05) is 46.5 Å². The first-order chi connectivity index (χ1) is 19.4. The number of ketones is 1. The fraction of sp³-hybridized carbons (Fsp3) is 0.800. The van der Waals surface area contributed by atoms with Crippen LogP contribution in [0.15, 0.2) is 0 Å². The molecule has 1 heterocycles. The first-order valence-corrected chi connectivity index (χ1v) is 15.2. The van der Waals surface area contributed by atoms with E-state index in [0.717, 1.165) is 38.5 Å². The van der Waals surface area contributed by atoms with Crippen LogP contribution in [-0.4, -0.2) is 77.2 Å². The summed E-state index contributed by atoms with van der Waals surface area (Å²) in [5.74, 6) is -3.16. The van der Waals surface area contributed by atoms with Gasteiger partial charge < -0.3 is 31.3 Å². The molecule has 5 atom stereocenters. The summed E-state index contributed by atoms with van der Waals surface area (Å²) >= 11 is 0. The number of amides is 5. The van der Waals surface area contributed by atoms with Crippen LogP contribution in [0.25, 0.3) is 0 Å². The Kier molecular flexibility index (Phi) is 8.68. The number of nitrogens with zero attached hydrogens (tertiary/aromatic N) is 1. The van der Waals surface area contributed by atoms with Crippen LogP contribution in [0.3, 0.4) is 0 Å². The number of Topliss-reactive ketones (excluding diaryl/α,β-unsaturated/α-hetero) is 1. The van der Waals surface area contributed by atoms with Crippen molar-refractivity contribution in [1.29, 1.82) is 0 Å². The van der Waals surface area contributed by atoms with Gasteiger partial charge in [-0.15, -0.1) is 0 Å². The number of carbonyl (C=O) groups excluding carboxylic acids is 6. The molecule has 3 aliphatic carbocycles. The molecule has 3 saturated carbocycles. The van der Waals surface area contributed by atoms with Gasteiger partial charge in [-0.25, -0.2) is 4.79 Å². The number of nitrogens with one attached hydrogen (secondary N) is 3. The maximum atomic E-state index is 14.3. The van der Waals surface area contributed by atoms with Crippen LogP contribution in [0, 0.1) is 28.6 Å². The molecule has 234 valence electrons. The molecule has 0 bridgehead atoms. The van der Waals surface area contributed by atoms with Gasteiger partial charge in [-0.2, -0.15) is 0 Å². The Bertz CT molecular complexity index is 1140. The summed E-state index contributed by atoms with van der Waals surface area (Å²) in [6.07, 6.45) is 5.43. The molecule has 1 aliphatic heterocycles. The Balaban J connectivity index is 1.52. The van der Waals surface area contributed by atoms with E-state index in [1.165, 1.54) is 0 Å². The van der Waals surface area contributed by atoms with Gasteiger partial charge in [0.15, 0.2) is 0 Å². The van der Waals surface area contributed by atoms with Crippen molar-refractivity contribution in [1.82, 2.24) is 20.9 Å². The lowest BCUT2D eigenvalue weighted by molar-refractivity contribution is -0.153. The summed E-state index contributed by atoms with van der Waals surface area (Å²) in [4.78, 5) is 79.0. The van der Waals surface area contributed by atoms with Gasteiger partial charge >= 0.3 is 12.0 Å². The standard InChI is InChI=1S/C30H47N5O7/c1-28(2,3)42-19(36)14-32-27(41)34-23(30(6)11-7-8-12-30)26(40)35-15-17-20(29(17,4)5)21(35)25(39)33-18(13-16-9-10-16)22(37)24(31)38/h16-18,20-21,23H,7-15H2,1-6H3,(H2,31,38)(H,33,39)(H2,32,34,41)/t17-,18?,20-,21-,23+/m0/s1. The topological polar surface area (TPSA) is 177 Å². The monoisotopic (exact) mass is 589 g/mol. The molecule has 4 aliphatic rings. The molecular weight excluding hydrogens is 542 g/mol. The highest BCUT2D eigenvalue weighted by molar-refractivity contribution is 6.37. The Morgan fingerprint density at radius 2 is 1.62 bits per heavy atom. The normalized spacial score (nSPS) is 26.8. The first kappa shape index (κ1) is 31.7. The van der Waals surface area contributed by atoms with Crippen molar-refractivity contribution in [2.45, 2.75) is 110 Å². The quantitative estimate of drug-likeness (QED) is 0.208. The number of fused-ring (bicyclic) bond motifs is 1. The van der Waals surface area contributed by atoms with Gasteiger partial charge in [0.25, 0.3) is 5.91 Å². The molecule has 12 nitrogen and oxygen atoms in total. The smallest absolute Gasteiger partial charge is 0.325 e. The molecule has 5 N–H and O–H groups in total. The number of piperidine rings is 1. The lowest BCUT2D eigenvalue weighted by Crippen LogP contribution is -2.62. The van der Waals surface area contributed by atoms with Crippen LogP contribution in [0.4, 0.5) is 4.79 Å². The highest BCUT2D eigenvalue weighted by Crippen LogP contribution is 2.65. The molecule has 0 radical (unpaired) electrons.